The van der Waals surface area contributed by atoms with Crippen LogP contribution in [0.15, 0.2) is 18.2 Å². The predicted octanol–water partition coefficient (Wildman–Crippen LogP) is 1.79. The number of nitrogens with zero attached hydrogens (tertiary/aromatic N) is 1. The zero-order chi connectivity index (χ0) is 14.4. The van der Waals surface area contributed by atoms with E-state index in [1.807, 2.05) is 6.07 Å². The standard InChI is InChI=1S/C14H18INO4/c1-18-13-10-11(2-3-12(13)15)14(17)20-9-6-16-4-7-19-8-5-16/h2-3,10H,4-9H2,1H3. The van der Waals surface area contributed by atoms with Crippen LogP contribution in [-0.2, 0) is 9.47 Å². The third-order valence-corrected chi connectivity index (χ3v) is 4.02. The summed E-state index contributed by atoms with van der Waals surface area (Å²) in [6.07, 6.45) is 0. The highest BCUT2D eigenvalue weighted by atomic mass is 127. The van der Waals surface area contributed by atoms with E-state index in [-0.39, 0.29) is 5.97 Å². The highest BCUT2D eigenvalue weighted by molar-refractivity contribution is 14.1. The Balaban J connectivity index is 1.82. The molecule has 0 amide bonds. The second kappa shape index (κ2) is 7.80. The van der Waals surface area contributed by atoms with E-state index in [2.05, 4.69) is 27.5 Å². The van der Waals surface area contributed by atoms with Crippen molar-refractivity contribution >= 4 is 28.6 Å². The summed E-state index contributed by atoms with van der Waals surface area (Å²) in [5.74, 6) is 0.376. The molecule has 6 heteroatoms. The maximum Gasteiger partial charge on any atom is 0.338 e. The first-order chi connectivity index (χ1) is 9.70. The predicted molar refractivity (Wildman–Crippen MR) is 83.3 cm³/mol. The third kappa shape index (κ3) is 4.32. The van der Waals surface area contributed by atoms with Gasteiger partial charge in [0, 0.05) is 19.6 Å². The van der Waals surface area contributed by atoms with E-state index < -0.39 is 0 Å². The molecular weight excluding hydrogens is 373 g/mol. The number of ether oxygens (including phenoxy) is 3. The fourth-order valence-corrected chi connectivity index (χ4v) is 2.52. The van der Waals surface area contributed by atoms with Crippen molar-refractivity contribution in [2.45, 2.75) is 0 Å². The smallest absolute Gasteiger partial charge is 0.338 e. The zero-order valence-corrected chi connectivity index (χ0v) is 13.6. The number of carbonyl (C=O) groups is 1. The molecule has 0 spiro atoms. The molecule has 1 aromatic carbocycles. The number of halogens is 1. The van der Waals surface area contributed by atoms with Crippen molar-refractivity contribution in [2.75, 3.05) is 46.6 Å². The van der Waals surface area contributed by atoms with Crippen LogP contribution >= 0.6 is 22.6 Å². The van der Waals surface area contributed by atoms with Crippen molar-refractivity contribution in [3.8, 4) is 5.75 Å². The normalized spacial score (nSPS) is 15.9. The SMILES string of the molecule is COc1cc(C(=O)OCCN2CCOCC2)ccc1I. The summed E-state index contributed by atoms with van der Waals surface area (Å²) in [4.78, 5) is 14.2. The summed E-state index contributed by atoms with van der Waals surface area (Å²) in [6, 6.07) is 5.30. The Kier molecular flexibility index (Phi) is 6.06. The molecule has 1 heterocycles. The van der Waals surface area contributed by atoms with Gasteiger partial charge in [-0.15, -0.1) is 0 Å². The van der Waals surface area contributed by atoms with Gasteiger partial charge in [0.25, 0.3) is 0 Å². The number of benzene rings is 1. The average molecular weight is 391 g/mol. The minimum atomic E-state index is -0.312. The van der Waals surface area contributed by atoms with Crippen molar-refractivity contribution < 1.29 is 19.0 Å². The Morgan fingerprint density at radius 2 is 2.15 bits per heavy atom. The Hall–Kier alpha value is -0.860. The lowest BCUT2D eigenvalue weighted by atomic mass is 10.2. The molecule has 0 aliphatic carbocycles. The van der Waals surface area contributed by atoms with E-state index >= 15 is 0 Å². The molecule has 0 N–H and O–H groups in total. The molecule has 1 aliphatic heterocycles. The molecule has 1 saturated heterocycles. The third-order valence-electron chi connectivity index (χ3n) is 3.13. The van der Waals surface area contributed by atoms with Gasteiger partial charge in [-0.3, -0.25) is 4.90 Å². The van der Waals surface area contributed by atoms with Crippen molar-refractivity contribution in [3.63, 3.8) is 0 Å². The summed E-state index contributed by atoms with van der Waals surface area (Å²) in [5.41, 5.74) is 0.518. The summed E-state index contributed by atoms with van der Waals surface area (Å²) < 4.78 is 16.7. The molecule has 110 valence electrons. The van der Waals surface area contributed by atoms with Gasteiger partial charge in [0.05, 0.1) is 29.5 Å². The fourth-order valence-electron chi connectivity index (χ4n) is 1.96. The number of esters is 1. The van der Waals surface area contributed by atoms with E-state index in [0.29, 0.717) is 17.9 Å². The van der Waals surface area contributed by atoms with Gasteiger partial charge >= 0.3 is 5.97 Å². The van der Waals surface area contributed by atoms with E-state index in [0.717, 1.165) is 36.4 Å². The summed E-state index contributed by atoms with van der Waals surface area (Å²) in [6.45, 7) is 4.44. The molecule has 0 atom stereocenters. The molecule has 1 aliphatic rings. The highest BCUT2D eigenvalue weighted by Gasteiger charge is 2.13. The number of rotatable bonds is 5. The second-order valence-corrected chi connectivity index (χ2v) is 5.60. The Morgan fingerprint density at radius 3 is 2.85 bits per heavy atom. The van der Waals surface area contributed by atoms with Crippen molar-refractivity contribution in [1.29, 1.82) is 0 Å². The first-order valence-corrected chi connectivity index (χ1v) is 7.59. The van der Waals surface area contributed by atoms with Crippen LogP contribution in [0, 0.1) is 3.57 Å². The molecule has 0 saturated carbocycles. The van der Waals surface area contributed by atoms with Crippen LogP contribution in [0.1, 0.15) is 10.4 Å². The number of methoxy groups -OCH3 is 1. The maximum atomic E-state index is 11.9. The Morgan fingerprint density at radius 1 is 1.40 bits per heavy atom. The molecular formula is C14H18INO4. The van der Waals surface area contributed by atoms with Crippen LogP contribution in [0.2, 0.25) is 0 Å². The molecule has 20 heavy (non-hydrogen) atoms. The molecule has 1 aromatic rings. The first kappa shape index (κ1) is 15.5. The lowest BCUT2D eigenvalue weighted by Crippen LogP contribution is -2.38. The van der Waals surface area contributed by atoms with Crippen LogP contribution in [0.4, 0.5) is 0 Å². The lowest BCUT2D eigenvalue weighted by molar-refractivity contribution is 0.0195. The van der Waals surface area contributed by atoms with E-state index in [9.17, 15) is 4.79 Å². The molecule has 5 nitrogen and oxygen atoms in total. The summed E-state index contributed by atoms with van der Waals surface area (Å²) in [5, 5.41) is 0. The van der Waals surface area contributed by atoms with Gasteiger partial charge in [-0.2, -0.15) is 0 Å². The van der Waals surface area contributed by atoms with Gasteiger partial charge in [-0.25, -0.2) is 4.79 Å². The van der Waals surface area contributed by atoms with Crippen molar-refractivity contribution in [2.24, 2.45) is 0 Å². The monoisotopic (exact) mass is 391 g/mol. The van der Waals surface area contributed by atoms with Gasteiger partial charge in [0.2, 0.25) is 0 Å². The summed E-state index contributed by atoms with van der Waals surface area (Å²) in [7, 11) is 1.59. The molecule has 2 rings (SSSR count). The minimum absolute atomic E-state index is 0.312. The first-order valence-electron chi connectivity index (χ1n) is 6.51. The second-order valence-electron chi connectivity index (χ2n) is 4.44. The van der Waals surface area contributed by atoms with Gasteiger partial charge < -0.3 is 14.2 Å². The number of hydrogen-bond donors (Lipinski definition) is 0. The van der Waals surface area contributed by atoms with Gasteiger partial charge in [-0.1, -0.05) is 0 Å². The Labute approximate surface area is 132 Å². The molecule has 1 fully saturated rings. The van der Waals surface area contributed by atoms with Gasteiger partial charge in [0.1, 0.15) is 12.4 Å². The molecule has 0 bridgehead atoms. The van der Waals surface area contributed by atoms with E-state index in [4.69, 9.17) is 14.2 Å². The van der Waals surface area contributed by atoms with Gasteiger partial charge in [-0.05, 0) is 40.8 Å². The lowest BCUT2D eigenvalue weighted by Gasteiger charge is -2.26. The average Bonchev–Trinajstić information content (AvgIpc) is 2.48. The fraction of sp³-hybridized carbons (Fsp3) is 0.500. The van der Waals surface area contributed by atoms with Crippen LogP contribution in [0.5, 0.6) is 5.75 Å². The Bertz CT molecular complexity index is 460. The van der Waals surface area contributed by atoms with Crippen LogP contribution in [0.25, 0.3) is 0 Å². The molecule has 0 unspecified atom stereocenters. The number of morpholine rings is 1. The topological polar surface area (TPSA) is 48.0 Å². The van der Waals surface area contributed by atoms with Crippen LogP contribution < -0.4 is 4.74 Å². The molecule has 0 aromatic heterocycles. The van der Waals surface area contributed by atoms with Crippen molar-refractivity contribution in [1.82, 2.24) is 4.90 Å². The van der Waals surface area contributed by atoms with E-state index in [1.54, 1.807) is 19.2 Å². The largest absolute Gasteiger partial charge is 0.496 e. The number of hydrogen-bond acceptors (Lipinski definition) is 5. The maximum absolute atomic E-state index is 11.9. The molecule has 0 radical (unpaired) electrons. The number of carbonyl (C=O) groups excluding carboxylic acids is 1. The quantitative estimate of drug-likeness (QED) is 0.566. The highest BCUT2D eigenvalue weighted by Crippen LogP contribution is 2.22. The van der Waals surface area contributed by atoms with Gasteiger partial charge in [0.15, 0.2) is 0 Å². The van der Waals surface area contributed by atoms with Crippen molar-refractivity contribution in [3.05, 3.63) is 27.3 Å². The van der Waals surface area contributed by atoms with E-state index in [1.165, 1.54) is 0 Å². The zero-order valence-electron chi connectivity index (χ0n) is 11.4. The van der Waals surface area contributed by atoms with Crippen LogP contribution in [-0.4, -0.2) is 57.4 Å². The minimum Gasteiger partial charge on any atom is -0.496 e. The van der Waals surface area contributed by atoms with Crippen LogP contribution in [0.3, 0.4) is 0 Å². The summed E-state index contributed by atoms with van der Waals surface area (Å²) >= 11 is 2.16.